The third-order valence-electron chi connectivity index (χ3n) is 13.1. The zero-order valence-electron chi connectivity index (χ0n) is 33.3. The van der Waals surface area contributed by atoms with Crippen molar-refractivity contribution in [1.82, 2.24) is 9.13 Å². The highest BCUT2D eigenvalue weighted by Crippen LogP contribution is 2.43. The fourth-order valence-electron chi connectivity index (χ4n) is 10.3. The lowest BCUT2D eigenvalue weighted by Crippen LogP contribution is -1.94. The van der Waals surface area contributed by atoms with Crippen molar-refractivity contribution in [2.75, 3.05) is 0 Å². The lowest BCUT2D eigenvalue weighted by Gasteiger charge is -2.11. The van der Waals surface area contributed by atoms with Crippen molar-refractivity contribution in [2.24, 2.45) is 0 Å². The van der Waals surface area contributed by atoms with E-state index >= 15 is 0 Å². The molecule has 0 saturated heterocycles. The van der Waals surface area contributed by atoms with Crippen LogP contribution in [0.3, 0.4) is 0 Å². The van der Waals surface area contributed by atoms with E-state index in [1.807, 2.05) is 23.5 Å². The zero-order chi connectivity index (χ0) is 40.5. The molecular formula is C58H34N2OS. The van der Waals surface area contributed by atoms with Crippen LogP contribution in [0, 0.1) is 0 Å². The van der Waals surface area contributed by atoms with E-state index in [0.717, 1.165) is 27.6 Å². The summed E-state index contributed by atoms with van der Waals surface area (Å²) >= 11 is 1.88. The van der Waals surface area contributed by atoms with E-state index in [4.69, 9.17) is 4.42 Å². The summed E-state index contributed by atoms with van der Waals surface area (Å²) in [6.07, 6.45) is 0. The van der Waals surface area contributed by atoms with Gasteiger partial charge in [-0.05, 0) is 112 Å². The summed E-state index contributed by atoms with van der Waals surface area (Å²) in [5.74, 6) is 0. The third-order valence-corrected chi connectivity index (χ3v) is 14.3. The highest BCUT2D eigenvalue weighted by atomic mass is 32.1. The Bertz CT molecular complexity index is 4160. The van der Waals surface area contributed by atoms with E-state index in [9.17, 15) is 0 Å². The van der Waals surface area contributed by atoms with E-state index in [1.165, 1.54) is 102 Å². The van der Waals surface area contributed by atoms with E-state index in [-0.39, 0.29) is 0 Å². The first kappa shape index (κ1) is 33.9. The maximum Gasteiger partial charge on any atom is 0.135 e. The van der Waals surface area contributed by atoms with Crippen LogP contribution in [0.4, 0.5) is 0 Å². The summed E-state index contributed by atoms with van der Waals surface area (Å²) in [6.45, 7) is 0. The van der Waals surface area contributed by atoms with Crippen LogP contribution in [-0.2, 0) is 0 Å². The second-order valence-corrected chi connectivity index (χ2v) is 17.5. The number of hydrogen-bond acceptors (Lipinski definition) is 2. The van der Waals surface area contributed by atoms with Gasteiger partial charge in [0.2, 0.25) is 0 Å². The van der Waals surface area contributed by atoms with Crippen LogP contribution in [0.5, 0.6) is 0 Å². The van der Waals surface area contributed by atoms with Gasteiger partial charge >= 0.3 is 0 Å². The molecule has 10 aromatic carbocycles. The monoisotopic (exact) mass is 806 g/mol. The van der Waals surface area contributed by atoms with Crippen LogP contribution in [-0.4, -0.2) is 9.13 Å². The van der Waals surface area contributed by atoms with Crippen LogP contribution >= 0.6 is 11.3 Å². The maximum atomic E-state index is 6.13. The standard InChI is InChI=1S/C58H34N2OS/c1-2-11-41-36(10-1)22-30-52-57(41)48-34-39(24-29-51(48)59(52)40-26-20-35(21-27-40)37-25-31-55-47(33-37)43-13-4-7-18-54(43)61-55)38-23-28-50-46(32-38)42-12-3-6-16-49(42)60(50)53-17-9-15-45-44-14-5-8-19-56(44)62-58(45)53/h1-34H. The summed E-state index contributed by atoms with van der Waals surface area (Å²) < 4.78 is 13.7. The second-order valence-electron chi connectivity index (χ2n) is 16.4. The molecule has 0 spiro atoms. The Morgan fingerprint density at radius 2 is 0.935 bits per heavy atom. The maximum absolute atomic E-state index is 6.13. The van der Waals surface area contributed by atoms with Gasteiger partial charge in [0.15, 0.2) is 0 Å². The molecule has 0 fully saturated rings. The quantitative estimate of drug-likeness (QED) is 0.174. The SMILES string of the molecule is c1ccc2c(c1)ccc1c2c2cc(-c3ccc4c(c3)c3ccccc3n4-c3cccc4c3sc3ccccc34)ccc2n1-c1ccc(-c2ccc3oc4ccccc4c3c2)cc1. The van der Waals surface area contributed by atoms with Crippen LogP contribution in [0.2, 0.25) is 0 Å². The number of fused-ring (bicyclic) bond motifs is 14. The minimum atomic E-state index is 0.913. The van der Waals surface area contributed by atoms with Crippen LogP contribution in [0.25, 0.3) is 130 Å². The number of benzene rings is 10. The van der Waals surface area contributed by atoms with Gasteiger partial charge in [0.1, 0.15) is 11.2 Å². The minimum Gasteiger partial charge on any atom is -0.456 e. The molecule has 0 radical (unpaired) electrons. The normalized spacial score (nSPS) is 12.2. The average Bonchev–Trinajstić information content (AvgIpc) is 4.09. The van der Waals surface area contributed by atoms with Crippen LogP contribution in [0.1, 0.15) is 0 Å². The molecule has 0 aliphatic heterocycles. The third kappa shape index (κ3) is 4.81. The van der Waals surface area contributed by atoms with Crippen molar-refractivity contribution in [3.05, 3.63) is 206 Å². The Hall–Kier alpha value is -7.92. The summed E-state index contributed by atoms with van der Waals surface area (Å²) in [5, 5.41) is 12.4. The predicted molar refractivity (Wildman–Crippen MR) is 264 cm³/mol. The molecular weight excluding hydrogens is 773 g/mol. The van der Waals surface area contributed by atoms with Gasteiger partial charge in [0.25, 0.3) is 0 Å². The number of para-hydroxylation sites is 2. The highest BCUT2D eigenvalue weighted by Gasteiger charge is 2.19. The first-order valence-corrected chi connectivity index (χ1v) is 22.0. The number of nitrogens with zero attached hydrogens (tertiary/aromatic N) is 2. The van der Waals surface area contributed by atoms with E-state index in [1.54, 1.807) is 0 Å². The van der Waals surface area contributed by atoms with Crippen molar-refractivity contribution < 1.29 is 4.42 Å². The van der Waals surface area contributed by atoms with Gasteiger partial charge in [-0.15, -0.1) is 11.3 Å². The highest BCUT2D eigenvalue weighted by molar-refractivity contribution is 7.26. The number of aromatic nitrogens is 2. The molecule has 4 heteroatoms. The van der Waals surface area contributed by atoms with Crippen molar-refractivity contribution in [1.29, 1.82) is 0 Å². The van der Waals surface area contributed by atoms with Gasteiger partial charge in [0, 0.05) is 53.5 Å². The van der Waals surface area contributed by atoms with E-state index in [2.05, 4.69) is 203 Å². The van der Waals surface area contributed by atoms with Gasteiger partial charge in [-0.3, -0.25) is 0 Å². The molecule has 0 saturated carbocycles. The Labute approximate surface area is 359 Å². The second kappa shape index (κ2) is 12.8. The van der Waals surface area contributed by atoms with Crippen molar-refractivity contribution in [3.8, 4) is 33.6 Å². The topological polar surface area (TPSA) is 23.0 Å². The van der Waals surface area contributed by atoms with Gasteiger partial charge in [-0.1, -0.05) is 127 Å². The smallest absolute Gasteiger partial charge is 0.135 e. The summed E-state index contributed by atoms with van der Waals surface area (Å²) in [5.41, 5.74) is 13.8. The molecule has 288 valence electrons. The largest absolute Gasteiger partial charge is 0.456 e. The lowest BCUT2D eigenvalue weighted by molar-refractivity contribution is 0.669. The molecule has 14 rings (SSSR count). The van der Waals surface area contributed by atoms with Gasteiger partial charge < -0.3 is 13.6 Å². The number of thiophene rings is 1. The van der Waals surface area contributed by atoms with Crippen molar-refractivity contribution >= 4 is 108 Å². The minimum absolute atomic E-state index is 0.913. The fourth-order valence-corrected chi connectivity index (χ4v) is 11.5. The van der Waals surface area contributed by atoms with E-state index in [0.29, 0.717) is 0 Å². The molecule has 0 aliphatic rings. The molecule has 14 aromatic rings. The first-order valence-electron chi connectivity index (χ1n) is 21.2. The molecule has 4 aromatic heterocycles. The molecule has 0 aliphatic carbocycles. The Morgan fingerprint density at radius 3 is 1.81 bits per heavy atom. The number of hydrogen-bond donors (Lipinski definition) is 0. The average molecular weight is 807 g/mol. The van der Waals surface area contributed by atoms with E-state index < -0.39 is 0 Å². The zero-order valence-corrected chi connectivity index (χ0v) is 34.2. The van der Waals surface area contributed by atoms with Crippen LogP contribution in [0.15, 0.2) is 211 Å². The van der Waals surface area contributed by atoms with Gasteiger partial charge in [-0.2, -0.15) is 0 Å². The van der Waals surface area contributed by atoms with Crippen molar-refractivity contribution in [3.63, 3.8) is 0 Å². The summed E-state index contributed by atoms with van der Waals surface area (Å²) in [6, 6.07) is 75.6. The van der Waals surface area contributed by atoms with Gasteiger partial charge in [-0.25, -0.2) is 0 Å². The molecule has 0 N–H and O–H groups in total. The predicted octanol–water partition coefficient (Wildman–Crippen LogP) is 16.6. The Balaban J connectivity index is 0.928. The molecule has 0 amide bonds. The first-order chi connectivity index (χ1) is 30.7. The van der Waals surface area contributed by atoms with Gasteiger partial charge in [0.05, 0.1) is 32.5 Å². The summed E-state index contributed by atoms with van der Waals surface area (Å²) in [7, 11) is 0. The molecule has 3 nitrogen and oxygen atoms in total. The molecule has 0 atom stereocenters. The Kier molecular flexibility index (Phi) is 6.99. The molecule has 4 heterocycles. The molecule has 0 unspecified atom stereocenters. The van der Waals surface area contributed by atoms with Crippen molar-refractivity contribution in [2.45, 2.75) is 0 Å². The Morgan fingerprint density at radius 1 is 0.339 bits per heavy atom. The number of furan rings is 1. The molecule has 62 heavy (non-hydrogen) atoms. The van der Waals surface area contributed by atoms with Crippen LogP contribution < -0.4 is 0 Å². The summed E-state index contributed by atoms with van der Waals surface area (Å²) in [4.78, 5) is 0. The number of rotatable bonds is 4. The lowest BCUT2D eigenvalue weighted by atomic mass is 9.99. The molecule has 0 bridgehead atoms. The fraction of sp³-hybridized carbons (Fsp3) is 0.